The Hall–Kier alpha value is -1.21. The van der Waals surface area contributed by atoms with E-state index < -0.39 is 0 Å². The molecule has 1 heteroatoms. The van der Waals surface area contributed by atoms with Crippen LogP contribution in [-0.4, -0.2) is 0 Å². The van der Waals surface area contributed by atoms with Crippen molar-refractivity contribution in [2.75, 3.05) is 0 Å². The first-order chi connectivity index (χ1) is 7.66. The molecule has 0 saturated carbocycles. The lowest BCUT2D eigenvalue weighted by atomic mass is 9.99. The van der Waals surface area contributed by atoms with Crippen LogP contribution in [0.15, 0.2) is 47.4 Å². The average molecular weight is 228 g/mol. The van der Waals surface area contributed by atoms with Gasteiger partial charge in [-0.05, 0) is 43.0 Å². The Bertz CT molecular complexity index is 501. The molecule has 0 nitrogen and oxygen atoms in total. The largest absolute Gasteiger partial charge is 0.143 e. The predicted molar refractivity (Wildman–Crippen MR) is 72.4 cm³/mol. The number of thiol groups is 1. The van der Waals surface area contributed by atoms with Gasteiger partial charge in [0.15, 0.2) is 0 Å². The zero-order valence-corrected chi connectivity index (χ0v) is 10.6. The van der Waals surface area contributed by atoms with E-state index in [9.17, 15) is 0 Å². The Morgan fingerprint density at radius 2 is 1.69 bits per heavy atom. The number of benzene rings is 2. The van der Waals surface area contributed by atoms with Crippen LogP contribution in [0.2, 0.25) is 0 Å². The van der Waals surface area contributed by atoms with Crippen LogP contribution in [0.4, 0.5) is 0 Å². The lowest BCUT2D eigenvalue weighted by Gasteiger charge is -2.08. The molecule has 0 amide bonds. The van der Waals surface area contributed by atoms with Crippen molar-refractivity contribution in [2.45, 2.75) is 25.2 Å². The van der Waals surface area contributed by atoms with E-state index in [0.29, 0.717) is 0 Å². The van der Waals surface area contributed by atoms with Gasteiger partial charge in [0.1, 0.15) is 0 Å². The van der Waals surface area contributed by atoms with E-state index in [1.54, 1.807) is 0 Å². The highest BCUT2D eigenvalue weighted by molar-refractivity contribution is 7.80. The van der Waals surface area contributed by atoms with Gasteiger partial charge in [0.2, 0.25) is 0 Å². The number of aryl methyl sites for hydroxylation is 2. The summed E-state index contributed by atoms with van der Waals surface area (Å²) < 4.78 is 0. The Labute approximate surface area is 103 Å². The van der Waals surface area contributed by atoms with Crippen LogP contribution in [0.1, 0.15) is 22.3 Å². The first-order valence-corrected chi connectivity index (χ1v) is 5.94. The lowest BCUT2D eigenvalue weighted by Crippen LogP contribution is -1.93. The van der Waals surface area contributed by atoms with Gasteiger partial charge in [-0.15, -0.1) is 12.6 Å². The fourth-order valence-corrected chi connectivity index (χ4v) is 2.15. The van der Waals surface area contributed by atoms with Crippen molar-refractivity contribution in [2.24, 2.45) is 0 Å². The Morgan fingerprint density at radius 1 is 0.938 bits per heavy atom. The van der Waals surface area contributed by atoms with E-state index in [2.05, 4.69) is 56.8 Å². The highest BCUT2D eigenvalue weighted by atomic mass is 32.1. The van der Waals surface area contributed by atoms with E-state index >= 15 is 0 Å². The smallest absolute Gasteiger partial charge is 0.00754 e. The van der Waals surface area contributed by atoms with Gasteiger partial charge >= 0.3 is 0 Å². The predicted octanol–water partition coefficient (Wildman–Crippen LogP) is 4.18. The molecule has 0 aromatic heterocycles. The Morgan fingerprint density at radius 3 is 2.38 bits per heavy atom. The SMILES string of the molecule is Cc1ccc(Cc2ccccc2S)c(C)c1. The van der Waals surface area contributed by atoms with Crippen molar-refractivity contribution in [1.29, 1.82) is 0 Å². The first-order valence-electron chi connectivity index (χ1n) is 5.50. The van der Waals surface area contributed by atoms with E-state index in [1.807, 2.05) is 12.1 Å². The molecule has 0 atom stereocenters. The number of rotatable bonds is 2. The topological polar surface area (TPSA) is 0 Å². The second kappa shape index (κ2) is 4.75. The summed E-state index contributed by atoms with van der Waals surface area (Å²) in [5.41, 5.74) is 5.35. The van der Waals surface area contributed by atoms with Gasteiger partial charge in [-0.1, -0.05) is 42.0 Å². The molecule has 0 bridgehead atoms. The van der Waals surface area contributed by atoms with Crippen LogP contribution in [0.5, 0.6) is 0 Å². The monoisotopic (exact) mass is 228 g/mol. The zero-order valence-electron chi connectivity index (χ0n) is 9.70. The third-order valence-electron chi connectivity index (χ3n) is 2.87. The molecule has 0 aliphatic carbocycles. The third kappa shape index (κ3) is 2.48. The number of hydrogen-bond acceptors (Lipinski definition) is 1. The van der Waals surface area contributed by atoms with Crippen molar-refractivity contribution >= 4 is 12.6 Å². The van der Waals surface area contributed by atoms with Gasteiger partial charge in [0.05, 0.1) is 0 Å². The van der Waals surface area contributed by atoms with Crippen molar-refractivity contribution in [3.05, 3.63) is 64.7 Å². The quantitative estimate of drug-likeness (QED) is 0.732. The Balaban J connectivity index is 2.31. The summed E-state index contributed by atoms with van der Waals surface area (Å²) in [6, 6.07) is 14.9. The average Bonchev–Trinajstić information content (AvgIpc) is 2.25. The molecule has 2 aromatic carbocycles. The van der Waals surface area contributed by atoms with E-state index in [4.69, 9.17) is 0 Å². The van der Waals surface area contributed by atoms with E-state index in [0.717, 1.165) is 11.3 Å². The van der Waals surface area contributed by atoms with Crippen molar-refractivity contribution in [3.8, 4) is 0 Å². The summed E-state index contributed by atoms with van der Waals surface area (Å²) in [6.07, 6.45) is 0.964. The van der Waals surface area contributed by atoms with Gasteiger partial charge in [-0.2, -0.15) is 0 Å². The van der Waals surface area contributed by atoms with Gasteiger partial charge in [-0.25, -0.2) is 0 Å². The van der Waals surface area contributed by atoms with Gasteiger partial charge in [0.25, 0.3) is 0 Å². The van der Waals surface area contributed by atoms with Crippen LogP contribution in [0.3, 0.4) is 0 Å². The van der Waals surface area contributed by atoms with Crippen LogP contribution in [0, 0.1) is 13.8 Å². The molecule has 0 unspecified atom stereocenters. The zero-order chi connectivity index (χ0) is 11.5. The fraction of sp³-hybridized carbons (Fsp3) is 0.200. The fourth-order valence-electron chi connectivity index (χ4n) is 1.91. The molecule has 16 heavy (non-hydrogen) atoms. The third-order valence-corrected chi connectivity index (χ3v) is 3.31. The van der Waals surface area contributed by atoms with Crippen LogP contribution in [0.25, 0.3) is 0 Å². The minimum Gasteiger partial charge on any atom is -0.143 e. The van der Waals surface area contributed by atoms with Crippen LogP contribution >= 0.6 is 12.6 Å². The van der Waals surface area contributed by atoms with Crippen LogP contribution < -0.4 is 0 Å². The van der Waals surface area contributed by atoms with Gasteiger partial charge in [0, 0.05) is 4.90 Å². The summed E-state index contributed by atoms with van der Waals surface area (Å²) in [5, 5.41) is 0. The van der Waals surface area contributed by atoms with Gasteiger partial charge in [-0.3, -0.25) is 0 Å². The molecule has 0 fully saturated rings. The summed E-state index contributed by atoms with van der Waals surface area (Å²) in [4.78, 5) is 1.07. The standard InChI is InChI=1S/C15H16S/c1-11-7-8-13(12(2)9-11)10-14-5-3-4-6-15(14)16/h3-9,16H,10H2,1-2H3. The molecule has 0 spiro atoms. The maximum absolute atomic E-state index is 4.48. The maximum atomic E-state index is 4.48. The number of hydrogen-bond donors (Lipinski definition) is 1. The summed E-state index contributed by atoms with van der Waals surface area (Å²) in [7, 11) is 0. The van der Waals surface area contributed by atoms with Crippen molar-refractivity contribution in [1.82, 2.24) is 0 Å². The van der Waals surface area contributed by atoms with Crippen molar-refractivity contribution in [3.63, 3.8) is 0 Å². The molecule has 2 rings (SSSR count). The summed E-state index contributed by atoms with van der Waals surface area (Å²) >= 11 is 4.48. The molecule has 0 aliphatic heterocycles. The molecule has 2 aromatic rings. The second-order valence-electron chi connectivity index (χ2n) is 4.24. The molecular weight excluding hydrogens is 212 g/mol. The lowest BCUT2D eigenvalue weighted by molar-refractivity contribution is 1.10. The maximum Gasteiger partial charge on any atom is 0.00754 e. The molecular formula is C15H16S. The molecule has 0 radical (unpaired) electrons. The molecule has 0 heterocycles. The van der Waals surface area contributed by atoms with Crippen molar-refractivity contribution < 1.29 is 0 Å². The minimum absolute atomic E-state index is 0.964. The van der Waals surface area contributed by atoms with Crippen LogP contribution in [-0.2, 0) is 6.42 Å². The second-order valence-corrected chi connectivity index (χ2v) is 4.72. The molecule has 0 N–H and O–H groups in total. The summed E-state index contributed by atoms with van der Waals surface area (Å²) in [5.74, 6) is 0. The normalized spacial score (nSPS) is 10.4. The van der Waals surface area contributed by atoms with E-state index in [-0.39, 0.29) is 0 Å². The highest BCUT2D eigenvalue weighted by Gasteiger charge is 2.02. The minimum atomic E-state index is 0.964. The Kier molecular flexibility index (Phi) is 3.35. The first kappa shape index (κ1) is 11.3. The molecule has 82 valence electrons. The highest BCUT2D eigenvalue weighted by Crippen LogP contribution is 2.20. The van der Waals surface area contributed by atoms with Gasteiger partial charge < -0.3 is 0 Å². The van der Waals surface area contributed by atoms with E-state index in [1.165, 1.54) is 22.3 Å². The molecule has 0 aliphatic rings. The molecule has 0 saturated heterocycles. The summed E-state index contributed by atoms with van der Waals surface area (Å²) in [6.45, 7) is 4.30.